The monoisotopic (exact) mass is 223 g/mol. The average molecular weight is 223 g/mol. The van der Waals surface area contributed by atoms with Gasteiger partial charge in [-0.2, -0.15) is 0 Å². The van der Waals surface area contributed by atoms with Crippen LogP contribution in [0.2, 0.25) is 0 Å². The van der Waals surface area contributed by atoms with E-state index in [1.807, 2.05) is 0 Å². The zero-order chi connectivity index (χ0) is 12.4. The van der Waals surface area contributed by atoms with Crippen LogP contribution >= 0.6 is 0 Å². The molecule has 0 aromatic rings. The first-order valence-electron chi connectivity index (χ1n) is 6.74. The van der Waals surface area contributed by atoms with E-state index in [0.29, 0.717) is 5.41 Å². The molecular weight excluding hydrogens is 194 g/mol. The van der Waals surface area contributed by atoms with E-state index in [0.717, 1.165) is 0 Å². The first-order valence-corrected chi connectivity index (χ1v) is 6.74. The van der Waals surface area contributed by atoms with E-state index in [1.54, 1.807) is 0 Å². The zero-order valence-electron chi connectivity index (χ0n) is 11.9. The minimum absolute atomic E-state index is 0.268. The lowest BCUT2D eigenvalue weighted by Gasteiger charge is -2.44. The summed E-state index contributed by atoms with van der Waals surface area (Å²) in [6, 6.07) is 0. The molecule has 94 valence electrons. The number of hydrogen-bond donors (Lipinski definition) is 0. The van der Waals surface area contributed by atoms with Gasteiger partial charge in [-0.1, -0.05) is 27.4 Å². The molecule has 0 radical (unpaired) electrons. The normalized spacial score (nSPS) is 22.8. The van der Waals surface area contributed by atoms with Crippen molar-refractivity contribution in [3.8, 4) is 0 Å². The highest BCUT2D eigenvalue weighted by Crippen LogP contribution is 2.35. The minimum Gasteiger partial charge on any atom is -0.370 e. The Morgan fingerprint density at radius 1 is 1.31 bits per heavy atom. The maximum absolute atomic E-state index is 4.29. The molecule has 0 bridgehead atoms. The highest BCUT2D eigenvalue weighted by atomic mass is 15.2. The van der Waals surface area contributed by atoms with Crippen molar-refractivity contribution in [1.29, 1.82) is 0 Å². The van der Waals surface area contributed by atoms with Crippen LogP contribution in [0.5, 0.6) is 0 Å². The molecule has 16 heavy (non-hydrogen) atoms. The van der Waals surface area contributed by atoms with E-state index in [1.165, 1.54) is 44.3 Å². The summed E-state index contributed by atoms with van der Waals surface area (Å²) >= 11 is 0. The summed E-state index contributed by atoms with van der Waals surface area (Å²) in [4.78, 5) is 2.55. The highest BCUT2D eigenvalue weighted by Gasteiger charge is 2.29. The van der Waals surface area contributed by atoms with Crippen LogP contribution in [-0.2, 0) is 0 Å². The van der Waals surface area contributed by atoms with Crippen molar-refractivity contribution in [2.24, 2.45) is 5.41 Å². The van der Waals surface area contributed by atoms with Gasteiger partial charge in [0.15, 0.2) is 0 Å². The van der Waals surface area contributed by atoms with E-state index >= 15 is 0 Å². The summed E-state index contributed by atoms with van der Waals surface area (Å²) in [6.45, 7) is 17.2. The third-order valence-corrected chi connectivity index (χ3v) is 4.31. The smallest absolute Gasteiger partial charge is 0.0340 e. The van der Waals surface area contributed by atoms with Crippen LogP contribution < -0.4 is 0 Å². The van der Waals surface area contributed by atoms with Gasteiger partial charge in [0, 0.05) is 17.8 Å². The Hall–Kier alpha value is -0.460. The van der Waals surface area contributed by atoms with E-state index in [9.17, 15) is 0 Å². The van der Waals surface area contributed by atoms with Crippen LogP contribution in [0.1, 0.15) is 66.7 Å². The van der Waals surface area contributed by atoms with Gasteiger partial charge in [0.25, 0.3) is 0 Å². The van der Waals surface area contributed by atoms with E-state index in [2.05, 4.69) is 46.1 Å². The van der Waals surface area contributed by atoms with Gasteiger partial charge in [-0.25, -0.2) is 0 Å². The molecule has 0 N–H and O–H groups in total. The van der Waals surface area contributed by atoms with Gasteiger partial charge in [-0.3, -0.25) is 0 Å². The molecule has 0 amide bonds. The third-order valence-electron chi connectivity index (χ3n) is 4.31. The molecule has 1 fully saturated rings. The van der Waals surface area contributed by atoms with Crippen LogP contribution in [-0.4, -0.2) is 17.0 Å². The second-order valence-electron chi connectivity index (χ2n) is 6.65. The first-order chi connectivity index (χ1) is 7.28. The van der Waals surface area contributed by atoms with Gasteiger partial charge in [-0.05, 0) is 51.4 Å². The standard InChI is InChI=1S/C15H29N/c1-7-15(5,6)16-12-11-14(3,4)10-8-9-13(16)2/h2,7-12H2,1,3-6H3. The predicted octanol–water partition coefficient (Wildman–Crippen LogP) is 4.59. The number of hydrogen-bond acceptors (Lipinski definition) is 1. The number of rotatable bonds is 2. The molecule has 0 saturated carbocycles. The Morgan fingerprint density at radius 3 is 2.50 bits per heavy atom. The fraction of sp³-hybridized carbons (Fsp3) is 0.867. The van der Waals surface area contributed by atoms with Crippen molar-refractivity contribution < 1.29 is 0 Å². The van der Waals surface area contributed by atoms with Gasteiger partial charge in [-0.15, -0.1) is 0 Å². The maximum atomic E-state index is 4.29. The zero-order valence-corrected chi connectivity index (χ0v) is 11.9. The number of nitrogens with zero attached hydrogens (tertiary/aromatic N) is 1. The van der Waals surface area contributed by atoms with E-state index in [-0.39, 0.29) is 5.54 Å². The Morgan fingerprint density at radius 2 is 1.94 bits per heavy atom. The molecule has 1 aliphatic rings. The second-order valence-corrected chi connectivity index (χ2v) is 6.65. The van der Waals surface area contributed by atoms with Crippen molar-refractivity contribution in [1.82, 2.24) is 4.90 Å². The van der Waals surface area contributed by atoms with Crippen LogP contribution in [0.3, 0.4) is 0 Å². The lowest BCUT2D eigenvalue weighted by Crippen LogP contribution is -2.44. The Kier molecular flexibility index (Phi) is 4.09. The summed E-state index contributed by atoms with van der Waals surface area (Å²) in [5.41, 5.74) is 2.12. The van der Waals surface area contributed by atoms with Crippen molar-refractivity contribution in [3.05, 3.63) is 12.3 Å². The molecule has 0 atom stereocenters. The predicted molar refractivity (Wildman–Crippen MR) is 72.5 cm³/mol. The summed E-state index contributed by atoms with van der Waals surface area (Å²) in [5, 5.41) is 0. The summed E-state index contributed by atoms with van der Waals surface area (Å²) < 4.78 is 0. The first kappa shape index (κ1) is 13.6. The van der Waals surface area contributed by atoms with Gasteiger partial charge in [0.1, 0.15) is 0 Å². The molecule has 1 saturated heterocycles. The molecule has 1 rings (SSSR count). The van der Waals surface area contributed by atoms with Crippen LogP contribution in [0.4, 0.5) is 0 Å². The van der Waals surface area contributed by atoms with Crippen molar-refractivity contribution in [2.75, 3.05) is 6.54 Å². The van der Waals surface area contributed by atoms with Gasteiger partial charge in [0.2, 0.25) is 0 Å². The lowest BCUT2D eigenvalue weighted by molar-refractivity contribution is 0.116. The summed E-state index contributed by atoms with van der Waals surface area (Å²) in [7, 11) is 0. The molecule has 0 unspecified atom stereocenters. The fourth-order valence-corrected chi connectivity index (χ4v) is 2.53. The Bertz CT molecular complexity index is 250. The van der Waals surface area contributed by atoms with Crippen molar-refractivity contribution in [2.45, 2.75) is 72.3 Å². The lowest BCUT2D eigenvalue weighted by atomic mass is 9.81. The molecule has 1 aliphatic heterocycles. The van der Waals surface area contributed by atoms with Crippen molar-refractivity contribution in [3.63, 3.8) is 0 Å². The molecule has 0 aromatic heterocycles. The highest BCUT2D eigenvalue weighted by molar-refractivity contribution is 5.02. The average Bonchev–Trinajstić information content (AvgIpc) is 2.15. The summed E-state index contributed by atoms with van der Waals surface area (Å²) in [6.07, 6.45) is 6.28. The molecule has 1 heteroatoms. The Labute approximate surface area is 102 Å². The molecule has 1 nitrogen and oxygen atoms in total. The Balaban J connectivity index is 2.78. The fourth-order valence-electron chi connectivity index (χ4n) is 2.53. The van der Waals surface area contributed by atoms with Gasteiger partial charge >= 0.3 is 0 Å². The molecule has 0 aromatic carbocycles. The van der Waals surface area contributed by atoms with E-state index in [4.69, 9.17) is 0 Å². The van der Waals surface area contributed by atoms with Gasteiger partial charge in [0.05, 0.1) is 0 Å². The minimum atomic E-state index is 0.268. The largest absolute Gasteiger partial charge is 0.370 e. The molecular formula is C15H29N. The van der Waals surface area contributed by atoms with Crippen molar-refractivity contribution >= 4 is 0 Å². The molecule has 0 aliphatic carbocycles. The SMILES string of the molecule is C=C1CCCC(C)(C)CCN1C(C)(C)CC. The number of allylic oxidation sites excluding steroid dienone is 1. The summed E-state index contributed by atoms with van der Waals surface area (Å²) in [5.74, 6) is 0. The second kappa shape index (κ2) is 4.81. The third kappa shape index (κ3) is 3.26. The van der Waals surface area contributed by atoms with Crippen LogP contribution in [0.15, 0.2) is 12.3 Å². The van der Waals surface area contributed by atoms with Crippen LogP contribution in [0, 0.1) is 5.41 Å². The maximum Gasteiger partial charge on any atom is 0.0340 e. The quantitative estimate of drug-likeness (QED) is 0.662. The molecule has 1 heterocycles. The van der Waals surface area contributed by atoms with Crippen LogP contribution in [0.25, 0.3) is 0 Å². The number of likely N-dealkylation sites (tertiary alicyclic amines) is 1. The molecule has 0 spiro atoms. The van der Waals surface area contributed by atoms with Gasteiger partial charge < -0.3 is 4.90 Å². The topological polar surface area (TPSA) is 3.24 Å². The van der Waals surface area contributed by atoms with E-state index < -0.39 is 0 Å².